The lowest BCUT2D eigenvalue weighted by molar-refractivity contribution is 0.614. The van der Waals surface area contributed by atoms with E-state index in [2.05, 4.69) is 15.9 Å². The maximum Gasteiger partial charge on any atom is 0.144 e. The standard InChI is InChI=1S/C8H9BrO2S/c9-5-7-2-1-3-8(4-7)6-12(10)11/h1-4,12H,5-6H2. The zero-order valence-corrected chi connectivity index (χ0v) is 8.85. The summed E-state index contributed by atoms with van der Waals surface area (Å²) in [4.78, 5) is 0. The van der Waals surface area contributed by atoms with Crippen LogP contribution >= 0.6 is 15.9 Å². The Hall–Kier alpha value is -0.350. The SMILES string of the molecule is O=[SH](=O)Cc1cccc(CBr)c1. The second-order valence-corrected chi connectivity index (χ2v) is 3.99. The fourth-order valence-corrected chi connectivity index (χ4v) is 1.80. The van der Waals surface area contributed by atoms with Gasteiger partial charge >= 0.3 is 0 Å². The molecule has 0 bridgehead atoms. The summed E-state index contributed by atoms with van der Waals surface area (Å²) in [6.45, 7) is 0. The molecule has 0 aromatic heterocycles. The molecular weight excluding hydrogens is 240 g/mol. The zero-order valence-electron chi connectivity index (χ0n) is 6.37. The van der Waals surface area contributed by atoms with Crippen molar-refractivity contribution in [2.45, 2.75) is 11.1 Å². The quantitative estimate of drug-likeness (QED) is 0.653. The van der Waals surface area contributed by atoms with Gasteiger partial charge in [-0.25, -0.2) is 8.42 Å². The van der Waals surface area contributed by atoms with Crippen LogP contribution in [-0.4, -0.2) is 8.42 Å². The topological polar surface area (TPSA) is 34.1 Å². The maximum atomic E-state index is 10.4. The lowest BCUT2D eigenvalue weighted by atomic mass is 10.2. The van der Waals surface area contributed by atoms with Crippen LogP contribution in [0.2, 0.25) is 0 Å². The minimum atomic E-state index is -2.31. The number of thiol groups is 1. The third kappa shape index (κ3) is 2.95. The lowest BCUT2D eigenvalue weighted by Gasteiger charge is -1.97. The Morgan fingerprint density at radius 2 is 1.92 bits per heavy atom. The Morgan fingerprint density at radius 1 is 1.25 bits per heavy atom. The largest absolute Gasteiger partial charge is 0.232 e. The molecule has 0 aliphatic carbocycles. The average Bonchev–Trinajstić information content (AvgIpc) is 2.03. The molecule has 0 amide bonds. The summed E-state index contributed by atoms with van der Waals surface area (Å²) < 4.78 is 20.8. The van der Waals surface area contributed by atoms with Crippen molar-refractivity contribution in [3.05, 3.63) is 35.4 Å². The third-order valence-electron chi connectivity index (χ3n) is 1.46. The highest BCUT2D eigenvalue weighted by atomic mass is 79.9. The van der Waals surface area contributed by atoms with E-state index in [4.69, 9.17) is 0 Å². The summed E-state index contributed by atoms with van der Waals surface area (Å²) in [5.74, 6) is 0.135. The van der Waals surface area contributed by atoms with Crippen LogP contribution < -0.4 is 0 Å². The van der Waals surface area contributed by atoms with E-state index < -0.39 is 10.7 Å². The predicted octanol–water partition coefficient (Wildman–Crippen LogP) is 1.69. The first-order valence-electron chi connectivity index (χ1n) is 3.48. The van der Waals surface area contributed by atoms with Crippen molar-refractivity contribution in [1.29, 1.82) is 0 Å². The predicted molar refractivity (Wildman–Crippen MR) is 53.1 cm³/mol. The Labute approximate surface area is 81.7 Å². The molecule has 0 atom stereocenters. The summed E-state index contributed by atoms with van der Waals surface area (Å²) in [6, 6.07) is 7.53. The van der Waals surface area contributed by atoms with Crippen LogP contribution in [0.15, 0.2) is 24.3 Å². The molecule has 0 unspecified atom stereocenters. The molecule has 2 nitrogen and oxygen atoms in total. The first kappa shape index (κ1) is 9.74. The molecule has 66 valence electrons. The monoisotopic (exact) mass is 248 g/mol. The Bertz CT molecular complexity index is 326. The highest BCUT2D eigenvalue weighted by Gasteiger charge is 1.95. The van der Waals surface area contributed by atoms with Crippen molar-refractivity contribution in [2.75, 3.05) is 0 Å². The first-order chi connectivity index (χ1) is 5.72. The van der Waals surface area contributed by atoms with Crippen molar-refractivity contribution in [3.8, 4) is 0 Å². The molecule has 0 fully saturated rings. The van der Waals surface area contributed by atoms with Crippen molar-refractivity contribution in [3.63, 3.8) is 0 Å². The number of rotatable bonds is 3. The second kappa shape index (κ2) is 4.62. The maximum absolute atomic E-state index is 10.4. The Kier molecular flexibility index (Phi) is 3.75. The molecule has 12 heavy (non-hydrogen) atoms. The van der Waals surface area contributed by atoms with Crippen molar-refractivity contribution >= 4 is 26.6 Å². The fraction of sp³-hybridized carbons (Fsp3) is 0.250. The number of halogens is 1. The highest BCUT2D eigenvalue weighted by Crippen LogP contribution is 2.09. The summed E-state index contributed by atoms with van der Waals surface area (Å²) in [5.41, 5.74) is 1.95. The fourth-order valence-electron chi connectivity index (χ4n) is 0.960. The summed E-state index contributed by atoms with van der Waals surface area (Å²) in [5, 5.41) is 0.760. The molecule has 0 aliphatic heterocycles. The van der Waals surface area contributed by atoms with Crippen LogP contribution in [0.1, 0.15) is 11.1 Å². The van der Waals surface area contributed by atoms with Gasteiger partial charge in [0, 0.05) is 5.33 Å². The van der Waals surface area contributed by atoms with E-state index in [0.717, 1.165) is 16.5 Å². The van der Waals surface area contributed by atoms with Crippen LogP contribution in [0.3, 0.4) is 0 Å². The molecule has 1 aromatic carbocycles. The van der Waals surface area contributed by atoms with Gasteiger partial charge in [-0.15, -0.1) is 0 Å². The van der Waals surface area contributed by atoms with Gasteiger partial charge in [-0.05, 0) is 11.1 Å². The summed E-state index contributed by atoms with van der Waals surface area (Å²) >= 11 is 3.31. The molecule has 1 aromatic rings. The molecule has 0 radical (unpaired) electrons. The number of hydrogen-bond acceptors (Lipinski definition) is 2. The smallest absolute Gasteiger partial charge is 0.144 e. The van der Waals surface area contributed by atoms with E-state index in [-0.39, 0.29) is 5.75 Å². The van der Waals surface area contributed by atoms with Gasteiger partial charge in [0.15, 0.2) is 0 Å². The van der Waals surface area contributed by atoms with E-state index in [1.165, 1.54) is 0 Å². The van der Waals surface area contributed by atoms with Gasteiger partial charge < -0.3 is 0 Å². The van der Waals surface area contributed by atoms with E-state index in [9.17, 15) is 8.42 Å². The number of alkyl halides is 1. The van der Waals surface area contributed by atoms with E-state index in [1.807, 2.05) is 24.3 Å². The Balaban J connectivity index is 2.86. The normalized spacial score (nSPS) is 10.5. The molecule has 0 aliphatic rings. The minimum Gasteiger partial charge on any atom is -0.232 e. The molecule has 0 saturated carbocycles. The third-order valence-corrected chi connectivity index (χ3v) is 2.73. The average molecular weight is 249 g/mol. The number of benzene rings is 1. The van der Waals surface area contributed by atoms with Crippen LogP contribution in [0.5, 0.6) is 0 Å². The number of hydrogen-bond donors (Lipinski definition) is 1. The molecule has 4 heteroatoms. The van der Waals surface area contributed by atoms with Crippen LogP contribution in [0, 0.1) is 0 Å². The van der Waals surface area contributed by atoms with Gasteiger partial charge in [0.05, 0.1) is 5.75 Å². The van der Waals surface area contributed by atoms with Gasteiger partial charge in [0.2, 0.25) is 0 Å². The molecule has 0 heterocycles. The van der Waals surface area contributed by atoms with Gasteiger partial charge in [-0.1, -0.05) is 40.2 Å². The molecule has 0 spiro atoms. The van der Waals surface area contributed by atoms with Crippen molar-refractivity contribution in [1.82, 2.24) is 0 Å². The van der Waals surface area contributed by atoms with Gasteiger partial charge in [-0.2, -0.15) is 0 Å². The molecular formula is C8H9BrO2S. The van der Waals surface area contributed by atoms with Crippen LogP contribution in [0.25, 0.3) is 0 Å². The van der Waals surface area contributed by atoms with E-state index in [1.54, 1.807) is 0 Å². The summed E-state index contributed by atoms with van der Waals surface area (Å²) in [7, 11) is -2.31. The molecule has 0 N–H and O–H groups in total. The van der Waals surface area contributed by atoms with Crippen molar-refractivity contribution in [2.24, 2.45) is 0 Å². The highest BCUT2D eigenvalue weighted by molar-refractivity contribution is 9.08. The van der Waals surface area contributed by atoms with E-state index >= 15 is 0 Å². The van der Waals surface area contributed by atoms with Crippen LogP contribution in [-0.2, 0) is 21.8 Å². The zero-order chi connectivity index (χ0) is 8.97. The minimum absolute atomic E-state index is 0.135. The van der Waals surface area contributed by atoms with Crippen molar-refractivity contribution < 1.29 is 8.42 Å². The second-order valence-electron chi connectivity index (χ2n) is 2.44. The molecule has 0 saturated heterocycles. The van der Waals surface area contributed by atoms with Gasteiger partial charge in [-0.3, -0.25) is 0 Å². The lowest BCUT2D eigenvalue weighted by Crippen LogP contribution is -1.87. The van der Waals surface area contributed by atoms with E-state index in [0.29, 0.717) is 0 Å². The summed E-state index contributed by atoms with van der Waals surface area (Å²) in [6.07, 6.45) is 0. The Morgan fingerprint density at radius 3 is 2.50 bits per heavy atom. The van der Waals surface area contributed by atoms with Gasteiger partial charge in [0.1, 0.15) is 10.7 Å². The van der Waals surface area contributed by atoms with Crippen LogP contribution in [0.4, 0.5) is 0 Å². The van der Waals surface area contributed by atoms with Gasteiger partial charge in [0.25, 0.3) is 0 Å². The first-order valence-corrected chi connectivity index (χ1v) is 5.96. The molecule has 1 rings (SSSR count).